The highest BCUT2D eigenvalue weighted by atomic mass is 16.5. The van der Waals surface area contributed by atoms with Crippen LogP contribution < -0.4 is 0 Å². The Morgan fingerprint density at radius 1 is 1.35 bits per heavy atom. The molecule has 0 amide bonds. The van der Waals surface area contributed by atoms with Gasteiger partial charge < -0.3 is 14.9 Å². The van der Waals surface area contributed by atoms with Crippen molar-refractivity contribution >= 4 is 5.97 Å². The van der Waals surface area contributed by atoms with Crippen molar-refractivity contribution in [2.45, 2.75) is 64.8 Å². The van der Waals surface area contributed by atoms with Gasteiger partial charge in [-0.1, -0.05) is 13.8 Å². The maximum absolute atomic E-state index is 11.1. The van der Waals surface area contributed by atoms with E-state index in [1.54, 1.807) is 13.8 Å². The summed E-state index contributed by atoms with van der Waals surface area (Å²) in [4.78, 5) is 11.1. The van der Waals surface area contributed by atoms with Gasteiger partial charge in [-0.05, 0) is 39.5 Å². The predicted octanol–water partition coefficient (Wildman–Crippen LogP) is 2.05. The van der Waals surface area contributed by atoms with Gasteiger partial charge in [0.2, 0.25) is 0 Å². The molecule has 2 N–H and O–H groups in total. The van der Waals surface area contributed by atoms with Crippen molar-refractivity contribution in [3.63, 3.8) is 0 Å². The summed E-state index contributed by atoms with van der Waals surface area (Å²) in [6.45, 7) is 9.33. The number of aliphatic hydroxyl groups excluding tert-OH is 1. The van der Waals surface area contributed by atoms with Gasteiger partial charge in [-0.25, -0.2) is 0 Å². The van der Waals surface area contributed by atoms with Crippen LogP contribution in [0.15, 0.2) is 0 Å². The lowest BCUT2D eigenvalue weighted by atomic mass is 9.75. The van der Waals surface area contributed by atoms with Crippen molar-refractivity contribution in [3.05, 3.63) is 0 Å². The first-order valence-corrected chi connectivity index (χ1v) is 6.21. The van der Waals surface area contributed by atoms with Crippen molar-refractivity contribution in [1.82, 2.24) is 0 Å². The summed E-state index contributed by atoms with van der Waals surface area (Å²) < 4.78 is 5.93. The highest BCUT2D eigenvalue weighted by Gasteiger charge is 2.50. The molecule has 0 saturated carbocycles. The lowest BCUT2D eigenvalue weighted by Gasteiger charge is -2.49. The van der Waals surface area contributed by atoms with Gasteiger partial charge in [0.1, 0.15) is 0 Å². The number of aliphatic hydroxyl groups is 1. The van der Waals surface area contributed by atoms with Gasteiger partial charge in [0.05, 0.1) is 23.2 Å². The van der Waals surface area contributed by atoms with E-state index in [1.807, 2.05) is 20.8 Å². The van der Waals surface area contributed by atoms with Gasteiger partial charge in [0.25, 0.3) is 0 Å². The van der Waals surface area contributed by atoms with Crippen LogP contribution in [-0.2, 0) is 9.53 Å². The molecular formula is C13H24O4. The zero-order valence-corrected chi connectivity index (χ0v) is 11.4. The zero-order chi connectivity index (χ0) is 13.4. The molecule has 17 heavy (non-hydrogen) atoms. The number of hydrogen-bond donors (Lipinski definition) is 2. The summed E-state index contributed by atoms with van der Waals surface area (Å²) in [6, 6.07) is 0. The number of aliphatic carboxylic acids is 1. The average Bonchev–Trinajstić information content (AvgIpc) is 2.13. The van der Waals surface area contributed by atoms with Gasteiger partial charge in [0.15, 0.2) is 0 Å². The van der Waals surface area contributed by atoms with Crippen LogP contribution in [0.1, 0.15) is 47.5 Å². The first-order chi connectivity index (χ1) is 7.60. The monoisotopic (exact) mass is 244 g/mol. The number of carboxylic acid groups (broad SMARTS) is 1. The Morgan fingerprint density at radius 3 is 2.24 bits per heavy atom. The number of carbonyl (C=O) groups is 1. The molecule has 1 saturated heterocycles. The van der Waals surface area contributed by atoms with E-state index in [2.05, 4.69) is 0 Å². The third kappa shape index (κ3) is 2.80. The highest BCUT2D eigenvalue weighted by molar-refractivity contribution is 5.71. The minimum Gasteiger partial charge on any atom is -0.481 e. The quantitative estimate of drug-likeness (QED) is 0.797. The van der Waals surface area contributed by atoms with Gasteiger partial charge in [-0.3, -0.25) is 4.79 Å². The number of hydrogen-bond acceptors (Lipinski definition) is 3. The molecule has 0 aromatic carbocycles. The van der Waals surface area contributed by atoms with E-state index in [0.717, 1.165) is 0 Å². The average molecular weight is 244 g/mol. The first-order valence-electron chi connectivity index (χ1n) is 6.21. The Hall–Kier alpha value is -0.610. The van der Waals surface area contributed by atoms with Crippen LogP contribution in [-0.4, -0.2) is 33.5 Å². The first kappa shape index (κ1) is 14.5. The largest absolute Gasteiger partial charge is 0.481 e. The van der Waals surface area contributed by atoms with Gasteiger partial charge in [0, 0.05) is 0 Å². The molecule has 0 aromatic rings. The topological polar surface area (TPSA) is 66.8 Å². The molecule has 0 radical (unpaired) electrons. The summed E-state index contributed by atoms with van der Waals surface area (Å²) in [5.74, 6) is -1.23. The summed E-state index contributed by atoms with van der Waals surface area (Å²) in [5, 5.41) is 19.3. The zero-order valence-electron chi connectivity index (χ0n) is 11.4. The van der Waals surface area contributed by atoms with Crippen LogP contribution in [0.2, 0.25) is 0 Å². The molecule has 1 fully saturated rings. The molecule has 3 atom stereocenters. The second kappa shape index (κ2) is 4.58. The van der Waals surface area contributed by atoms with E-state index in [1.165, 1.54) is 0 Å². The van der Waals surface area contributed by atoms with E-state index in [4.69, 9.17) is 9.84 Å². The Kier molecular flexibility index (Phi) is 3.89. The molecular weight excluding hydrogens is 220 g/mol. The van der Waals surface area contributed by atoms with E-state index in [9.17, 15) is 9.90 Å². The van der Waals surface area contributed by atoms with Crippen LogP contribution in [0.3, 0.4) is 0 Å². The summed E-state index contributed by atoms with van der Waals surface area (Å²) in [7, 11) is 0. The molecule has 1 aliphatic heterocycles. The van der Waals surface area contributed by atoms with Crippen LogP contribution in [0.5, 0.6) is 0 Å². The van der Waals surface area contributed by atoms with E-state index in [-0.39, 0.29) is 5.92 Å². The van der Waals surface area contributed by atoms with Crippen LogP contribution >= 0.6 is 0 Å². The minimum atomic E-state index is -0.823. The van der Waals surface area contributed by atoms with Gasteiger partial charge >= 0.3 is 5.97 Å². The van der Waals surface area contributed by atoms with Crippen molar-refractivity contribution in [2.75, 3.05) is 0 Å². The highest BCUT2D eigenvalue weighted by Crippen LogP contribution is 2.42. The van der Waals surface area contributed by atoms with E-state index < -0.39 is 29.2 Å². The Morgan fingerprint density at radius 2 is 1.88 bits per heavy atom. The molecule has 4 heteroatoms. The number of carboxylic acids is 1. The van der Waals surface area contributed by atoms with E-state index >= 15 is 0 Å². The van der Waals surface area contributed by atoms with Crippen molar-refractivity contribution in [3.8, 4) is 0 Å². The molecule has 0 bridgehead atoms. The Bertz CT molecular complexity index is 298. The standard InChI is InChI=1S/C13H24O4/c1-8(2)10(14)13(5)7-6-9(11(15)16)12(3,4)17-13/h8-10,14H,6-7H2,1-5H3,(H,15,16)/t9-,10-,13+/m0/s1. The second-order valence-corrected chi connectivity index (χ2v) is 6.14. The Labute approximate surface area is 103 Å². The number of rotatable bonds is 3. The maximum atomic E-state index is 11.1. The number of ether oxygens (including phenoxy) is 1. The summed E-state index contributed by atoms with van der Waals surface area (Å²) in [5.41, 5.74) is -1.39. The van der Waals surface area contributed by atoms with Gasteiger partial charge in [-0.2, -0.15) is 0 Å². The lowest BCUT2D eigenvalue weighted by Crippen LogP contribution is -2.57. The summed E-state index contributed by atoms with van der Waals surface area (Å²) in [6.07, 6.45) is 0.548. The minimum absolute atomic E-state index is 0.0946. The fraction of sp³-hybridized carbons (Fsp3) is 0.923. The van der Waals surface area contributed by atoms with Crippen LogP contribution in [0.4, 0.5) is 0 Å². The van der Waals surface area contributed by atoms with Crippen molar-refractivity contribution in [1.29, 1.82) is 0 Å². The second-order valence-electron chi connectivity index (χ2n) is 6.14. The third-order valence-corrected chi connectivity index (χ3v) is 3.82. The third-order valence-electron chi connectivity index (χ3n) is 3.82. The lowest BCUT2D eigenvalue weighted by molar-refractivity contribution is -0.238. The molecule has 0 aromatic heterocycles. The van der Waals surface area contributed by atoms with Crippen molar-refractivity contribution in [2.24, 2.45) is 11.8 Å². The van der Waals surface area contributed by atoms with Gasteiger partial charge in [-0.15, -0.1) is 0 Å². The normalized spacial score (nSPS) is 34.6. The molecule has 100 valence electrons. The fourth-order valence-corrected chi connectivity index (χ4v) is 2.84. The molecule has 0 unspecified atom stereocenters. The molecule has 1 rings (SSSR count). The molecule has 1 heterocycles. The van der Waals surface area contributed by atoms with Crippen LogP contribution in [0.25, 0.3) is 0 Å². The predicted molar refractivity (Wildman–Crippen MR) is 64.8 cm³/mol. The Balaban J connectivity index is 2.88. The molecule has 0 spiro atoms. The van der Waals surface area contributed by atoms with Crippen LogP contribution in [0, 0.1) is 11.8 Å². The molecule has 0 aliphatic carbocycles. The smallest absolute Gasteiger partial charge is 0.309 e. The SMILES string of the molecule is CC(C)[C@H](O)[C@@]1(C)CC[C@@H](C(=O)O)C(C)(C)O1. The maximum Gasteiger partial charge on any atom is 0.309 e. The molecule has 4 nitrogen and oxygen atoms in total. The van der Waals surface area contributed by atoms with Crippen molar-refractivity contribution < 1.29 is 19.7 Å². The fourth-order valence-electron chi connectivity index (χ4n) is 2.84. The van der Waals surface area contributed by atoms with E-state index in [0.29, 0.717) is 12.8 Å². The summed E-state index contributed by atoms with van der Waals surface area (Å²) >= 11 is 0. The molecule has 1 aliphatic rings.